The maximum Gasteiger partial charge on any atom is 0.324 e. The summed E-state index contributed by atoms with van der Waals surface area (Å²) in [6.07, 6.45) is 0. The van der Waals surface area contributed by atoms with Gasteiger partial charge in [-0.3, -0.25) is 14.9 Å². The molecule has 1 aromatic heterocycles. The molecule has 3 rings (SSSR count). The molecule has 0 N–H and O–H groups in total. The molecule has 0 spiro atoms. The number of benzene rings is 2. The zero-order chi connectivity index (χ0) is 22.8. The summed E-state index contributed by atoms with van der Waals surface area (Å²) in [5, 5.41) is 12.5. The molecule has 0 atom stereocenters. The van der Waals surface area contributed by atoms with Crippen LogP contribution < -0.4 is 0 Å². The number of carbonyl (C=O) groups excluding carboxylic acids is 1. The van der Waals surface area contributed by atoms with Crippen LogP contribution in [0.2, 0.25) is 0 Å². The van der Waals surface area contributed by atoms with Gasteiger partial charge in [-0.1, -0.05) is 41.7 Å². The van der Waals surface area contributed by atoms with Crippen LogP contribution in [0.15, 0.2) is 59.5 Å². The normalized spacial score (nSPS) is 12.3. The Hall–Kier alpha value is -2.82. The molecule has 0 unspecified atom stereocenters. The van der Waals surface area contributed by atoms with Crippen molar-refractivity contribution in [1.29, 1.82) is 0 Å². The molecule has 0 radical (unpaired) electrons. The standard InChI is InChI=1S/C21H22N2O6S2/c1-21(2,3)29-20(24)14-22(13-17-9-11-19(30-17)23(25)26)31(27,28)18-10-8-15-6-4-5-7-16(15)12-18/h4-12H,13-14H2,1-3H3. The summed E-state index contributed by atoms with van der Waals surface area (Å²) in [6.45, 7) is 4.37. The summed E-state index contributed by atoms with van der Waals surface area (Å²) in [5.41, 5.74) is -0.781. The number of nitrogens with zero attached hydrogens (tertiary/aromatic N) is 2. The average molecular weight is 463 g/mol. The number of ether oxygens (including phenoxy) is 1. The van der Waals surface area contributed by atoms with E-state index in [4.69, 9.17) is 4.74 Å². The van der Waals surface area contributed by atoms with Gasteiger partial charge in [0.25, 0.3) is 0 Å². The van der Waals surface area contributed by atoms with Crippen molar-refractivity contribution < 1.29 is 22.9 Å². The second-order valence-corrected chi connectivity index (χ2v) is 11.0. The van der Waals surface area contributed by atoms with E-state index in [9.17, 15) is 23.3 Å². The molecule has 0 aliphatic heterocycles. The fraction of sp³-hybridized carbons (Fsp3) is 0.286. The number of hydrogen-bond donors (Lipinski definition) is 0. The van der Waals surface area contributed by atoms with Gasteiger partial charge in [0.15, 0.2) is 0 Å². The number of thiophene rings is 1. The summed E-state index contributed by atoms with van der Waals surface area (Å²) in [4.78, 5) is 23.4. The van der Waals surface area contributed by atoms with Gasteiger partial charge in [0, 0.05) is 17.5 Å². The van der Waals surface area contributed by atoms with E-state index in [0.29, 0.717) is 4.88 Å². The fourth-order valence-electron chi connectivity index (χ4n) is 2.94. The van der Waals surface area contributed by atoms with Crippen LogP contribution in [-0.2, 0) is 26.1 Å². The van der Waals surface area contributed by atoms with Crippen molar-refractivity contribution in [3.63, 3.8) is 0 Å². The Labute approximate surface area is 184 Å². The Kier molecular flexibility index (Phi) is 6.44. The van der Waals surface area contributed by atoms with E-state index in [1.54, 1.807) is 39.0 Å². The summed E-state index contributed by atoms with van der Waals surface area (Å²) < 4.78 is 33.1. The van der Waals surface area contributed by atoms with Crippen LogP contribution in [0.25, 0.3) is 10.8 Å². The smallest absolute Gasteiger partial charge is 0.324 e. The Bertz CT molecular complexity index is 1230. The summed E-state index contributed by atoms with van der Waals surface area (Å²) in [5.74, 6) is -0.706. The molecule has 0 fully saturated rings. The molecule has 0 aliphatic carbocycles. The van der Waals surface area contributed by atoms with Gasteiger partial charge >= 0.3 is 11.0 Å². The second-order valence-electron chi connectivity index (χ2n) is 7.87. The highest BCUT2D eigenvalue weighted by atomic mass is 32.2. The lowest BCUT2D eigenvalue weighted by Gasteiger charge is -2.24. The van der Waals surface area contributed by atoms with Gasteiger partial charge in [-0.25, -0.2) is 8.42 Å². The quantitative estimate of drug-likeness (QED) is 0.294. The van der Waals surface area contributed by atoms with Crippen molar-refractivity contribution in [2.75, 3.05) is 6.54 Å². The van der Waals surface area contributed by atoms with E-state index in [2.05, 4.69) is 0 Å². The minimum Gasteiger partial charge on any atom is -0.459 e. The zero-order valence-corrected chi connectivity index (χ0v) is 18.9. The average Bonchev–Trinajstić information content (AvgIpc) is 3.14. The molecule has 8 nitrogen and oxygen atoms in total. The highest BCUT2D eigenvalue weighted by molar-refractivity contribution is 7.89. The van der Waals surface area contributed by atoms with E-state index in [-0.39, 0.29) is 16.4 Å². The maximum absolute atomic E-state index is 13.4. The monoisotopic (exact) mass is 462 g/mol. The number of fused-ring (bicyclic) bond motifs is 1. The van der Waals surface area contributed by atoms with E-state index < -0.39 is 33.1 Å². The molecule has 31 heavy (non-hydrogen) atoms. The first-order chi connectivity index (χ1) is 14.5. The number of sulfonamides is 1. The molecule has 3 aromatic rings. The molecule has 10 heteroatoms. The number of carbonyl (C=O) groups is 1. The van der Waals surface area contributed by atoms with Crippen molar-refractivity contribution in [2.45, 2.75) is 37.8 Å². The van der Waals surface area contributed by atoms with E-state index in [0.717, 1.165) is 26.4 Å². The SMILES string of the molecule is CC(C)(C)OC(=O)CN(Cc1ccc([N+](=O)[O-])s1)S(=O)(=O)c1ccc2ccccc2c1. The summed E-state index contributed by atoms with van der Waals surface area (Å²) in [7, 11) is -4.08. The van der Waals surface area contributed by atoms with Gasteiger partial charge in [-0.15, -0.1) is 0 Å². The molecule has 0 amide bonds. The number of hydrogen-bond acceptors (Lipinski definition) is 7. The summed E-state index contributed by atoms with van der Waals surface area (Å²) >= 11 is 0.866. The first kappa shape index (κ1) is 22.9. The molecular formula is C21H22N2O6S2. The van der Waals surface area contributed by atoms with Crippen LogP contribution in [0.3, 0.4) is 0 Å². The largest absolute Gasteiger partial charge is 0.459 e. The number of nitro groups is 1. The predicted octanol–water partition coefficient (Wildman–Crippen LogP) is 4.34. The van der Waals surface area contributed by atoms with E-state index in [1.807, 2.05) is 18.2 Å². The number of rotatable bonds is 7. The predicted molar refractivity (Wildman–Crippen MR) is 118 cm³/mol. The minimum atomic E-state index is -4.08. The Morgan fingerprint density at radius 3 is 2.39 bits per heavy atom. The third kappa shape index (κ3) is 5.66. The van der Waals surface area contributed by atoms with E-state index >= 15 is 0 Å². The van der Waals surface area contributed by atoms with E-state index in [1.165, 1.54) is 18.2 Å². The second kappa shape index (κ2) is 8.74. The Morgan fingerprint density at radius 1 is 1.10 bits per heavy atom. The summed E-state index contributed by atoms with van der Waals surface area (Å²) in [6, 6.07) is 14.9. The Morgan fingerprint density at radius 2 is 1.77 bits per heavy atom. The molecule has 0 saturated heterocycles. The third-order valence-corrected chi connectivity index (χ3v) is 7.05. The van der Waals surface area contributed by atoms with Gasteiger partial charge < -0.3 is 4.74 Å². The molecule has 0 bridgehead atoms. The minimum absolute atomic E-state index is 0.0285. The van der Waals surface area contributed by atoms with Gasteiger partial charge in [-0.05, 0) is 49.7 Å². The Balaban J connectivity index is 1.97. The van der Waals surface area contributed by atoms with Crippen LogP contribution >= 0.6 is 11.3 Å². The van der Waals surface area contributed by atoms with Gasteiger partial charge in [0.2, 0.25) is 10.0 Å². The lowest BCUT2D eigenvalue weighted by Crippen LogP contribution is -2.38. The van der Waals surface area contributed by atoms with Crippen LogP contribution in [0, 0.1) is 10.1 Å². The first-order valence-corrected chi connectivity index (χ1v) is 11.7. The van der Waals surface area contributed by atoms with Crippen LogP contribution in [0.1, 0.15) is 25.6 Å². The van der Waals surface area contributed by atoms with Crippen molar-refractivity contribution in [3.8, 4) is 0 Å². The van der Waals surface area contributed by atoms with Crippen molar-refractivity contribution in [2.24, 2.45) is 0 Å². The third-order valence-electron chi connectivity index (χ3n) is 4.24. The maximum atomic E-state index is 13.4. The lowest BCUT2D eigenvalue weighted by atomic mass is 10.1. The fourth-order valence-corrected chi connectivity index (χ4v) is 5.26. The molecular weight excluding hydrogens is 440 g/mol. The van der Waals surface area contributed by atoms with Crippen molar-refractivity contribution in [3.05, 3.63) is 69.6 Å². The van der Waals surface area contributed by atoms with Crippen LogP contribution in [-0.4, -0.2) is 35.8 Å². The topological polar surface area (TPSA) is 107 Å². The number of esters is 1. The molecule has 2 aromatic carbocycles. The molecule has 164 valence electrons. The lowest BCUT2D eigenvalue weighted by molar-refractivity contribution is -0.380. The molecule has 1 heterocycles. The van der Waals surface area contributed by atoms with Crippen molar-refractivity contribution in [1.82, 2.24) is 4.31 Å². The van der Waals surface area contributed by atoms with Gasteiger partial charge in [-0.2, -0.15) is 4.31 Å². The highest BCUT2D eigenvalue weighted by Gasteiger charge is 2.30. The first-order valence-electron chi connectivity index (χ1n) is 9.40. The highest BCUT2D eigenvalue weighted by Crippen LogP contribution is 2.28. The zero-order valence-electron chi connectivity index (χ0n) is 17.3. The molecule has 0 saturated carbocycles. The van der Waals surface area contributed by atoms with Crippen LogP contribution in [0.4, 0.5) is 5.00 Å². The van der Waals surface area contributed by atoms with Crippen molar-refractivity contribution >= 4 is 43.1 Å². The van der Waals surface area contributed by atoms with Gasteiger partial charge in [0.1, 0.15) is 12.1 Å². The van der Waals surface area contributed by atoms with Gasteiger partial charge in [0.05, 0.1) is 9.82 Å². The van der Waals surface area contributed by atoms with Crippen LogP contribution in [0.5, 0.6) is 0 Å². The molecule has 0 aliphatic rings.